The predicted octanol–water partition coefficient (Wildman–Crippen LogP) is 5.75. The third-order valence-corrected chi connectivity index (χ3v) is 9.22. The van der Waals surface area contributed by atoms with Crippen molar-refractivity contribution in [3.05, 3.63) is 71.1 Å². The van der Waals surface area contributed by atoms with Gasteiger partial charge in [0.2, 0.25) is 11.5 Å². The molecule has 49 heavy (non-hydrogen) atoms. The minimum Gasteiger partial charge on any atom is -0.478 e. The summed E-state index contributed by atoms with van der Waals surface area (Å²) < 4.78 is 46.8. The van der Waals surface area contributed by atoms with Gasteiger partial charge in [0.1, 0.15) is 17.5 Å². The quantitative estimate of drug-likeness (QED) is 0.0666. The summed E-state index contributed by atoms with van der Waals surface area (Å²) in [6.07, 6.45) is 2.41. The lowest BCUT2D eigenvalue weighted by atomic mass is 9.89. The Balaban J connectivity index is 1.23. The number of alkyl halides is 3. The van der Waals surface area contributed by atoms with Crippen molar-refractivity contribution in [2.24, 2.45) is 0 Å². The van der Waals surface area contributed by atoms with E-state index in [1.165, 1.54) is 12.1 Å². The average molecular weight is 697 g/mol. The smallest absolute Gasteiger partial charge is 0.336 e. The summed E-state index contributed by atoms with van der Waals surface area (Å²) in [6, 6.07) is 15.6. The highest BCUT2D eigenvalue weighted by molar-refractivity contribution is 6.17. The molecule has 12 heteroatoms. The molecule has 0 aromatic heterocycles. The Kier molecular flexibility index (Phi) is 11.4. The maximum absolute atomic E-state index is 13.7. The van der Waals surface area contributed by atoms with E-state index in [-0.39, 0.29) is 49.8 Å². The van der Waals surface area contributed by atoms with Gasteiger partial charge in [0.15, 0.2) is 13.1 Å². The molecular formula is C37H41ClF2N3O6+. The number of carboxylic acids is 1. The average Bonchev–Trinajstić information content (AvgIpc) is 3.07. The minimum atomic E-state index is -1.15. The van der Waals surface area contributed by atoms with E-state index in [9.17, 15) is 23.5 Å². The molecule has 0 bridgehead atoms. The first kappa shape index (κ1) is 34.8. The lowest BCUT2D eigenvalue weighted by Gasteiger charge is -2.36. The first-order valence-electron chi connectivity index (χ1n) is 16.8. The molecule has 0 saturated carbocycles. The number of unbranched alkanes of at least 4 members (excludes halogenated alkanes) is 3. The molecule has 4 aliphatic rings. The van der Waals surface area contributed by atoms with Crippen LogP contribution in [-0.4, -0.2) is 94.4 Å². The van der Waals surface area contributed by atoms with Gasteiger partial charge in [-0.2, -0.15) is 0 Å². The van der Waals surface area contributed by atoms with E-state index in [0.717, 1.165) is 36.7 Å². The zero-order valence-electron chi connectivity index (χ0n) is 27.3. The molecule has 2 saturated heterocycles. The molecule has 2 fully saturated rings. The minimum absolute atomic E-state index is 0.0203. The molecular weight excluding hydrogens is 656 g/mol. The Hall–Kier alpha value is -4.06. The van der Waals surface area contributed by atoms with Crippen LogP contribution in [0.5, 0.6) is 0 Å². The maximum atomic E-state index is 13.7. The van der Waals surface area contributed by atoms with Crippen LogP contribution in [0.4, 0.5) is 14.5 Å². The van der Waals surface area contributed by atoms with Gasteiger partial charge < -0.3 is 29.2 Å². The van der Waals surface area contributed by atoms with Crippen LogP contribution in [0.3, 0.4) is 0 Å². The summed E-state index contributed by atoms with van der Waals surface area (Å²) >= 11 is 5.69. The van der Waals surface area contributed by atoms with Crippen LogP contribution in [-0.2, 0) is 9.47 Å². The molecule has 0 radical (unpaired) electrons. The highest BCUT2D eigenvalue weighted by atomic mass is 35.5. The molecule has 0 atom stereocenters. The Morgan fingerprint density at radius 3 is 2.41 bits per heavy atom. The van der Waals surface area contributed by atoms with Crippen LogP contribution in [0, 0.1) is 0 Å². The van der Waals surface area contributed by atoms with Crippen molar-refractivity contribution in [1.29, 1.82) is 0 Å². The number of nitrogens with one attached hydrogen (secondary N) is 1. The number of carboxylic acid groups (broad SMARTS) is 1. The van der Waals surface area contributed by atoms with E-state index in [4.69, 9.17) is 25.5 Å². The van der Waals surface area contributed by atoms with Gasteiger partial charge in [0.05, 0.1) is 44.5 Å². The molecule has 0 unspecified atom stereocenters. The predicted molar refractivity (Wildman–Crippen MR) is 185 cm³/mol. The molecule has 0 spiro atoms. The number of hydrogen-bond donors (Lipinski definition) is 2. The van der Waals surface area contributed by atoms with Crippen LogP contribution in [0.25, 0.3) is 33.4 Å². The van der Waals surface area contributed by atoms with Crippen LogP contribution in [0.1, 0.15) is 46.4 Å². The van der Waals surface area contributed by atoms with Gasteiger partial charge in [-0.15, -0.1) is 11.6 Å². The lowest BCUT2D eigenvalue weighted by Crippen LogP contribution is -2.50. The molecule has 6 rings (SSSR count). The Bertz CT molecular complexity index is 1830. The Morgan fingerprint density at radius 2 is 1.67 bits per heavy atom. The van der Waals surface area contributed by atoms with Crippen LogP contribution >= 0.6 is 11.6 Å². The molecule has 260 valence electrons. The number of carbonyl (C=O) groups excluding carboxylic acids is 1. The first-order valence-corrected chi connectivity index (χ1v) is 17.3. The van der Waals surface area contributed by atoms with Gasteiger partial charge >= 0.3 is 5.97 Å². The SMILES string of the molecule is O=C(NCCOCCOCCCCCCCl)c1ccc(C(=O)O)c(-c2c3ccc(=[N+]4CC(F)C4)cc-3oc3cc(N4CC(F)C4)ccc23)c1. The third-order valence-electron chi connectivity index (χ3n) is 8.95. The van der Waals surface area contributed by atoms with Crippen molar-refractivity contribution in [2.45, 2.75) is 38.0 Å². The van der Waals surface area contributed by atoms with Crippen LogP contribution in [0.15, 0.2) is 59.0 Å². The zero-order chi connectivity index (χ0) is 34.3. The second kappa shape index (κ2) is 16.1. The number of benzene rings is 3. The van der Waals surface area contributed by atoms with Gasteiger partial charge in [-0.05, 0) is 54.8 Å². The van der Waals surface area contributed by atoms with Crippen molar-refractivity contribution in [1.82, 2.24) is 9.89 Å². The third kappa shape index (κ3) is 8.22. The number of rotatable bonds is 16. The molecule has 2 N–H and O–H groups in total. The standard InChI is InChI=1S/C37H40ClF2N3O6/c38-11-3-1-2-4-13-47-15-16-48-14-12-41-36(44)24-5-8-29(37(45)46)32(17-24)35-30-9-6-27(42-20-25(39)21-42)18-33(30)49-34-19-28(7-10-31(34)35)43-22-26(40)23-43/h5-10,17-19,25-26H,1-4,11-16,20-23H2,(H-,41,44,45,46)/p+1. The fraction of sp³-hybridized carbons (Fsp3) is 0.432. The monoisotopic (exact) mass is 696 g/mol. The van der Waals surface area contributed by atoms with Crippen molar-refractivity contribution in [3.63, 3.8) is 0 Å². The summed E-state index contributed by atoms with van der Waals surface area (Å²) in [4.78, 5) is 27.7. The second-order valence-corrected chi connectivity index (χ2v) is 12.9. The van der Waals surface area contributed by atoms with E-state index in [1.807, 2.05) is 45.9 Å². The lowest BCUT2D eigenvalue weighted by molar-refractivity contribution is 0.0468. The molecule has 1 amide bonds. The fourth-order valence-electron chi connectivity index (χ4n) is 6.21. The number of halogens is 3. The summed E-state index contributed by atoms with van der Waals surface area (Å²) in [5.74, 6) is -0.351. The largest absolute Gasteiger partial charge is 0.478 e. The number of hydrogen-bond acceptors (Lipinski definition) is 6. The van der Waals surface area contributed by atoms with Gasteiger partial charge in [0.25, 0.3) is 5.91 Å². The molecule has 1 aliphatic carbocycles. The Morgan fingerprint density at radius 1 is 0.898 bits per heavy atom. The molecule has 3 heterocycles. The topological polar surface area (TPSA) is 104 Å². The number of amides is 1. The van der Waals surface area contributed by atoms with Crippen molar-refractivity contribution >= 4 is 40.1 Å². The molecule has 2 aromatic rings. The normalized spacial score (nSPS) is 16.2. The van der Waals surface area contributed by atoms with E-state index < -0.39 is 18.3 Å². The van der Waals surface area contributed by atoms with Gasteiger partial charge in [-0.3, -0.25) is 4.79 Å². The van der Waals surface area contributed by atoms with Crippen LogP contribution < -0.4 is 20.1 Å². The van der Waals surface area contributed by atoms with E-state index in [1.54, 1.807) is 6.07 Å². The highest BCUT2D eigenvalue weighted by Gasteiger charge is 2.32. The van der Waals surface area contributed by atoms with E-state index >= 15 is 0 Å². The van der Waals surface area contributed by atoms with Crippen LogP contribution in [0.2, 0.25) is 0 Å². The number of ether oxygens (including phenoxy) is 2. The number of anilines is 1. The number of carbonyl (C=O) groups is 2. The number of nitrogens with zero attached hydrogens (tertiary/aromatic N) is 2. The number of aromatic carboxylic acids is 1. The van der Waals surface area contributed by atoms with E-state index in [0.29, 0.717) is 65.7 Å². The fourth-order valence-corrected chi connectivity index (χ4v) is 6.40. The summed E-state index contributed by atoms with van der Waals surface area (Å²) in [6.45, 7) is 3.25. The van der Waals surface area contributed by atoms with Crippen molar-refractivity contribution in [2.75, 3.05) is 69.9 Å². The highest BCUT2D eigenvalue weighted by Crippen LogP contribution is 2.42. The Labute approximate surface area is 288 Å². The zero-order valence-corrected chi connectivity index (χ0v) is 28.0. The number of fused-ring (bicyclic) bond motifs is 2. The van der Waals surface area contributed by atoms with Gasteiger partial charge in [0, 0.05) is 58.9 Å². The molecule has 2 aromatic carbocycles. The summed E-state index contributed by atoms with van der Waals surface area (Å²) in [7, 11) is 0. The van der Waals surface area contributed by atoms with Crippen molar-refractivity contribution < 1.29 is 37.4 Å². The van der Waals surface area contributed by atoms with Crippen molar-refractivity contribution in [3.8, 4) is 22.5 Å². The molecule has 3 aliphatic heterocycles. The van der Waals surface area contributed by atoms with E-state index in [2.05, 4.69) is 5.32 Å². The first-order chi connectivity index (χ1) is 23.8. The molecule has 9 nitrogen and oxygen atoms in total. The summed E-state index contributed by atoms with van der Waals surface area (Å²) in [5.41, 5.74) is 3.15. The second-order valence-electron chi connectivity index (χ2n) is 12.5. The van der Waals surface area contributed by atoms with Gasteiger partial charge in [-0.25, -0.2) is 18.2 Å². The van der Waals surface area contributed by atoms with Gasteiger partial charge in [-0.1, -0.05) is 12.8 Å². The summed E-state index contributed by atoms with van der Waals surface area (Å²) in [5, 5.41) is 14.5. The maximum Gasteiger partial charge on any atom is 0.336 e.